The Morgan fingerprint density at radius 1 is 1.07 bits per heavy atom. The van der Waals surface area contributed by atoms with Crippen LogP contribution in [-0.2, 0) is 17.6 Å². The molecule has 1 aromatic heterocycles. The fraction of sp³-hybridized carbons (Fsp3) is 0.174. The predicted octanol–water partition coefficient (Wildman–Crippen LogP) is 4.39. The molecular formula is C23H18FN3O2. The molecule has 2 heterocycles. The number of aliphatic carboxylic acids is 1. The maximum absolute atomic E-state index is 13.5. The number of para-hydroxylation sites is 1. The van der Waals surface area contributed by atoms with Crippen molar-refractivity contribution in [2.45, 2.75) is 19.3 Å². The molecule has 1 aliphatic carbocycles. The molecule has 0 radical (unpaired) electrons. The number of nitrogens with zero attached hydrogens (tertiary/aromatic N) is 3. The van der Waals surface area contributed by atoms with E-state index in [0.717, 1.165) is 30.6 Å². The van der Waals surface area contributed by atoms with Gasteiger partial charge in [0.15, 0.2) is 5.82 Å². The zero-order chi connectivity index (χ0) is 20.0. The van der Waals surface area contributed by atoms with Crippen molar-refractivity contribution in [1.29, 1.82) is 0 Å². The van der Waals surface area contributed by atoms with E-state index in [2.05, 4.69) is 17.0 Å². The van der Waals surface area contributed by atoms with Crippen LogP contribution in [0.3, 0.4) is 0 Å². The third-order valence-electron chi connectivity index (χ3n) is 5.41. The van der Waals surface area contributed by atoms with Crippen LogP contribution in [0.1, 0.15) is 23.4 Å². The summed E-state index contributed by atoms with van der Waals surface area (Å²) >= 11 is 0. The van der Waals surface area contributed by atoms with Gasteiger partial charge in [0.25, 0.3) is 0 Å². The number of aromatic nitrogens is 2. The molecule has 1 N–H and O–H groups in total. The minimum absolute atomic E-state index is 0.254. The van der Waals surface area contributed by atoms with Gasteiger partial charge >= 0.3 is 5.97 Å². The van der Waals surface area contributed by atoms with Gasteiger partial charge in [0.2, 0.25) is 0 Å². The maximum Gasteiger partial charge on any atom is 0.332 e. The van der Waals surface area contributed by atoms with Crippen molar-refractivity contribution in [2.75, 3.05) is 11.4 Å². The van der Waals surface area contributed by atoms with Gasteiger partial charge in [-0.15, -0.1) is 0 Å². The van der Waals surface area contributed by atoms with Gasteiger partial charge in [0, 0.05) is 29.8 Å². The van der Waals surface area contributed by atoms with Crippen LogP contribution in [0.2, 0.25) is 0 Å². The second-order valence-electron chi connectivity index (χ2n) is 7.27. The fourth-order valence-corrected chi connectivity index (χ4v) is 4.00. The van der Waals surface area contributed by atoms with Crippen molar-refractivity contribution >= 4 is 23.6 Å². The van der Waals surface area contributed by atoms with E-state index < -0.39 is 5.97 Å². The highest BCUT2D eigenvalue weighted by molar-refractivity contribution is 5.95. The average Bonchev–Trinajstić information content (AvgIpc) is 3.16. The second-order valence-corrected chi connectivity index (χ2v) is 7.27. The monoisotopic (exact) mass is 387 g/mol. The van der Waals surface area contributed by atoms with Gasteiger partial charge in [-0.2, -0.15) is 0 Å². The zero-order valence-electron chi connectivity index (χ0n) is 15.6. The summed E-state index contributed by atoms with van der Waals surface area (Å²) < 4.78 is 13.5. The number of halogens is 1. The smallest absolute Gasteiger partial charge is 0.332 e. The van der Waals surface area contributed by atoms with Crippen LogP contribution >= 0.6 is 0 Å². The molecule has 2 aromatic carbocycles. The largest absolute Gasteiger partial charge is 0.478 e. The highest BCUT2D eigenvalue weighted by Crippen LogP contribution is 2.39. The first-order chi connectivity index (χ1) is 14.1. The Labute approximate surface area is 167 Å². The minimum Gasteiger partial charge on any atom is -0.478 e. The second kappa shape index (κ2) is 6.81. The molecule has 29 heavy (non-hydrogen) atoms. The molecule has 0 spiro atoms. The molecule has 2 aliphatic rings. The Morgan fingerprint density at radius 3 is 2.66 bits per heavy atom. The number of fused-ring (bicyclic) bond motifs is 2. The predicted molar refractivity (Wildman–Crippen MR) is 109 cm³/mol. The highest BCUT2D eigenvalue weighted by Gasteiger charge is 2.27. The molecule has 0 fully saturated rings. The van der Waals surface area contributed by atoms with E-state index in [1.807, 2.05) is 12.1 Å². The molecule has 1 aliphatic heterocycles. The Morgan fingerprint density at radius 2 is 1.86 bits per heavy atom. The van der Waals surface area contributed by atoms with E-state index in [4.69, 9.17) is 9.97 Å². The van der Waals surface area contributed by atoms with E-state index in [-0.39, 0.29) is 17.8 Å². The summed E-state index contributed by atoms with van der Waals surface area (Å²) in [6, 6.07) is 14.4. The number of aryl methyl sites for hydroxylation is 1. The average molecular weight is 387 g/mol. The number of benzene rings is 2. The fourth-order valence-electron chi connectivity index (χ4n) is 4.00. The Balaban J connectivity index is 1.70. The summed E-state index contributed by atoms with van der Waals surface area (Å²) in [5.41, 5.74) is 5.21. The number of carboxylic acid groups (broad SMARTS) is 1. The minimum atomic E-state index is -0.960. The van der Waals surface area contributed by atoms with Gasteiger partial charge in [-0.05, 0) is 54.8 Å². The van der Waals surface area contributed by atoms with E-state index in [1.165, 1.54) is 17.7 Å². The van der Waals surface area contributed by atoms with Gasteiger partial charge in [0.05, 0.1) is 11.4 Å². The van der Waals surface area contributed by atoms with Crippen molar-refractivity contribution < 1.29 is 14.3 Å². The third kappa shape index (κ3) is 3.06. The molecule has 3 aromatic rings. The standard InChI is InChI=1S/C23H18FN3O2/c24-17-9-7-15(8-10-17)21-22(26-19-13-16(23(28)29)12-18(19)25-21)27-11-3-5-14-4-1-2-6-20(14)27/h1-2,4,6-10,12H,3,5,11,13H2,(H,28,29). The molecule has 144 valence electrons. The van der Waals surface area contributed by atoms with Crippen molar-refractivity contribution in [3.8, 4) is 11.3 Å². The van der Waals surface area contributed by atoms with E-state index >= 15 is 0 Å². The van der Waals surface area contributed by atoms with Crippen molar-refractivity contribution in [3.05, 3.63) is 76.9 Å². The van der Waals surface area contributed by atoms with Crippen LogP contribution in [0.15, 0.2) is 54.1 Å². The number of hydrogen-bond donors (Lipinski definition) is 1. The molecule has 0 unspecified atom stereocenters. The number of carboxylic acids is 1. The first-order valence-electron chi connectivity index (χ1n) is 9.56. The lowest BCUT2D eigenvalue weighted by Gasteiger charge is -2.31. The summed E-state index contributed by atoms with van der Waals surface area (Å²) in [5.74, 6) is -0.596. The first-order valence-corrected chi connectivity index (χ1v) is 9.56. The molecule has 0 atom stereocenters. The number of carbonyl (C=O) groups is 1. The highest BCUT2D eigenvalue weighted by atomic mass is 19.1. The Bertz CT molecular complexity index is 1160. The van der Waals surface area contributed by atoms with Gasteiger partial charge in [-0.25, -0.2) is 19.2 Å². The quantitative estimate of drug-likeness (QED) is 0.722. The summed E-state index contributed by atoms with van der Waals surface area (Å²) in [4.78, 5) is 23.2. The Hall–Kier alpha value is -3.54. The van der Waals surface area contributed by atoms with Crippen LogP contribution in [0.25, 0.3) is 17.3 Å². The number of rotatable bonds is 3. The molecule has 5 rings (SSSR count). The first kappa shape index (κ1) is 17.6. The summed E-state index contributed by atoms with van der Waals surface area (Å²) in [7, 11) is 0. The molecular weight excluding hydrogens is 369 g/mol. The summed E-state index contributed by atoms with van der Waals surface area (Å²) in [6.07, 6.45) is 3.81. The lowest BCUT2D eigenvalue weighted by atomic mass is 10.0. The molecule has 5 nitrogen and oxygen atoms in total. The zero-order valence-corrected chi connectivity index (χ0v) is 15.6. The normalized spacial score (nSPS) is 14.9. The lowest BCUT2D eigenvalue weighted by molar-refractivity contribution is -0.132. The molecule has 0 bridgehead atoms. The van der Waals surface area contributed by atoms with Crippen LogP contribution in [0.4, 0.5) is 15.9 Å². The molecule has 0 amide bonds. The van der Waals surface area contributed by atoms with Crippen molar-refractivity contribution in [1.82, 2.24) is 9.97 Å². The van der Waals surface area contributed by atoms with Crippen LogP contribution in [0, 0.1) is 5.82 Å². The van der Waals surface area contributed by atoms with E-state index in [9.17, 15) is 14.3 Å². The molecule has 0 saturated heterocycles. The van der Waals surface area contributed by atoms with Crippen LogP contribution in [0.5, 0.6) is 0 Å². The topological polar surface area (TPSA) is 66.3 Å². The van der Waals surface area contributed by atoms with Gasteiger partial charge in [-0.1, -0.05) is 18.2 Å². The van der Waals surface area contributed by atoms with E-state index in [1.54, 1.807) is 18.2 Å². The molecule has 6 heteroatoms. The van der Waals surface area contributed by atoms with Crippen LogP contribution in [-0.4, -0.2) is 27.6 Å². The van der Waals surface area contributed by atoms with Crippen LogP contribution < -0.4 is 4.90 Å². The third-order valence-corrected chi connectivity index (χ3v) is 5.41. The maximum atomic E-state index is 13.5. The van der Waals surface area contributed by atoms with Gasteiger partial charge in [-0.3, -0.25) is 0 Å². The SMILES string of the molecule is O=C(O)C1=Cc2nc(-c3ccc(F)cc3)c(N3CCCc4ccccc43)nc2C1. The number of anilines is 2. The Kier molecular flexibility index (Phi) is 4.12. The summed E-state index contributed by atoms with van der Waals surface area (Å²) in [6.45, 7) is 0.790. The van der Waals surface area contributed by atoms with Crippen molar-refractivity contribution in [2.24, 2.45) is 0 Å². The van der Waals surface area contributed by atoms with E-state index in [0.29, 0.717) is 22.9 Å². The number of hydrogen-bond acceptors (Lipinski definition) is 4. The van der Waals surface area contributed by atoms with Gasteiger partial charge in [0.1, 0.15) is 11.5 Å². The summed E-state index contributed by atoms with van der Waals surface area (Å²) in [5, 5.41) is 9.37. The van der Waals surface area contributed by atoms with Gasteiger partial charge < -0.3 is 10.0 Å². The lowest BCUT2D eigenvalue weighted by Crippen LogP contribution is -2.26. The van der Waals surface area contributed by atoms with Crippen molar-refractivity contribution in [3.63, 3.8) is 0 Å². The molecule has 0 saturated carbocycles.